The first-order valence-electron chi connectivity index (χ1n) is 7.38. The monoisotopic (exact) mass is 237 g/mol. The zero-order chi connectivity index (χ0) is 12.4. The Hall–Kier alpha value is -0.530. The molecular formula is C15H27NO. The highest BCUT2D eigenvalue weighted by Gasteiger charge is 2.34. The molecule has 2 saturated carbocycles. The van der Waals surface area contributed by atoms with Gasteiger partial charge in [0.1, 0.15) is 0 Å². The smallest absolute Gasteiger partial charge is 0.223 e. The summed E-state index contributed by atoms with van der Waals surface area (Å²) in [4.78, 5) is 12.1. The predicted octanol–water partition coefficient (Wildman–Crippen LogP) is 3.36. The minimum Gasteiger partial charge on any atom is -0.353 e. The molecule has 2 heteroatoms. The molecule has 3 atom stereocenters. The van der Waals surface area contributed by atoms with E-state index >= 15 is 0 Å². The van der Waals surface area contributed by atoms with E-state index in [-0.39, 0.29) is 0 Å². The number of carbonyl (C=O) groups excluding carboxylic acids is 1. The van der Waals surface area contributed by atoms with Gasteiger partial charge in [-0.25, -0.2) is 0 Å². The third kappa shape index (κ3) is 3.02. The first kappa shape index (κ1) is 12.9. The van der Waals surface area contributed by atoms with Crippen LogP contribution in [0.3, 0.4) is 0 Å². The lowest BCUT2D eigenvalue weighted by atomic mass is 9.73. The highest BCUT2D eigenvalue weighted by molar-refractivity contribution is 5.79. The van der Waals surface area contributed by atoms with Gasteiger partial charge in [-0.05, 0) is 43.4 Å². The number of rotatable bonds is 3. The Morgan fingerprint density at radius 1 is 1.18 bits per heavy atom. The maximum absolute atomic E-state index is 12.1. The average Bonchev–Trinajstić information content (AvgIpc) is 2.13. The van der Waals surface area contributed by atoms with Gasteiger partial charge in [-0.15, -0.1) is 0 Å². The molecule has 0 aromatic carbocycles. The maximum Gasteiger partial charge on any atom is 0.223 e. The van der Waals surface area contributed by atoms with Crippen LogP contribution in [0.25, 0.3) is 0 Å². The first-order chi connectivity index (χ1) is 8.08. The lowest BCUT2D eigenvalue weighted by molar-refractivity contribution is -0.129. The molecule has 0 aromatic rings. The number of hydrogen-bond donors (Lipinski definition) is 1. The van der Waals surface area contributed by atoms with Crippen molar-refractivity contribution in [1.29, 1.82) is 0 Å². The van der Waals surface area contributed by atoms with Crippen molar-refractivity contribution in [1.82, 2.24) is 5.32 Å². The summed E-state index contributed by atoms with van der Waals surface area (Å²) in [5, 5.41) is 3.34. The summed E-state index contributed by atoms with van der Waals surface area (Å²) in [7, 11) is 0. The van der Waals surface area contributed by atoms with Crippen LogP contribution in [0.2, 0.25) is 0 Å². The minimum atomic E-state index is 0.333. The summed E-state index contributed by atoms with van der Waals surface area (Å²) in [5.41, 5.74) is 0. The molecule has 2 aliphatic carbocycles. The van der Waals surface area contributed by atoms with Crippen LogP contribution < -0.4 is 5.32 Å². The second-order valence-corrected chi connectivity index (χ2v) is 6.57. The van der Waals surface area contributed by atoms with E-state index in [1.165, 1.54) is 25.7 Å². The quantitative estimate of drug-likeness (QED) is 0.801. The summed E-state index contributed by atoms with van der Waals surface area (Å²) in [5.74, 6) is 2.82. The summed E-state index contributed by atoms with van der Waals surface area (Å²) in [6, 6.07) is 0.437. The van der Waals surface area contributed by atoms with Crippen molar-refractivity contribution >= 4 is 5.91 Å². The van der Waals surface area contributed by atoms with Crippen molar-refractivity contribution in [3.63, 3.8) is 0 Å². The zero-order valence-electron chi connectivity index (χ0n) is 11.5. The fourth-order valence-electron chi connectivity index (χ4n) is 3.34. The van der Waals surface area contributed by atoms with Gasteiger partial charge < -0.3 is 5.32 Å². The third-order valence-corrected chi connectivity index (χ3v) is 4.83. The van der Waals surface area contributed by atoms with Gasteiger partial charge in [0.15, 0.2) is 0 Å². The lowest BCUT2D eigenvalue weighted by Crippen LogP contribution is -2.48. The molecule has 1 N–H and O–H groups in total. The molecule has 2 aliphatic rings. The van der Waals surface area contributed by atoms with Gasteiger partial charge in [-0.1, -0.05) is 33.6 Å². The van der Waals surface area contributed by atoms with E-state index in [0.29, 0.717) is 29.7 Å². The molecule has 2 rings (SSSR count). The van der Waals surface area contributed by atoms with Gasteiger partial charge in [-0.3, -0.25) is 4.79 Å². The normalized spacial score (nSPS) is 34.5. The number of carbonyl (C=O) groups is 1. The fraction of sp³-hybridized carbons (Fsp3) is 0.933. The predicted molar refractivity (Wildman–Crippen MR) is 70.6 cm³/mol. The average molecular weight is 237 g/mol. The Labute approximate surface area is 106 Å². The molecule has 0 saturated heterocycles. The van der Waals surface area contributed by atoms with E-state index < -0.39 is 0 Å². The number of hydrogen-bond acceptors (Lipinski definition) is 1. The van der Waals surface area contributed by atoms with E-state index in [9.17, 15) is 4.79 Å². The van der Waals surface area contributed by atoms with Crippen molar-refractivity contribution in [2.24, 2.45) is 23.7 Å². The largest absolute Gasteiger partial charge is 0.353 e. The molecule has 0 aliphatic heterocycles. The van der Waals surface area contributed by atoms with Crippen molar-refractivity contribution in [2.45, 2.75) is 65.3 Å². The zero-order valence-corrected chi connectivity index (χ0v) is 11.5. The van der Waals surface area contributed by atoms with E-state index in [1.807, 2.05) is 0 Å². The second-order valence-electron chi connectivity index (χ2n) is 6.57. The fourth-order valence-corrected chi connectivity index (χ4v) is 3.34. The van der Waals surface area contributed by atoms with Gasteiger partial charge >= 0.3 is 0 Å². The molecular weight excluding hydrogens is 210 g/mol. The molecule has 1 amide bonds. The Balaban J connectivity index is 1.92. The molecule has 98 valence electrons. The van der Waals surface area contributed by atoms with Crippen LogP contribution >= 0.6 is 0 Å². The standard InChI is InChI=1S/C15H27NO/c1-10(2)13-8-7-11(3)9-14(13)16-15(17)12-5-4-6-12/h10-14H,4-9H2,1-3H3,(H,16,17)/t11-,13+,14+/m0/s1. The van der Waals surface area contributed by atoms with Crippen LogP contribution in [0.15, 0.2) is 0 Å². The van der Waals surface area contributed by atoms with Gasteiger partial charge in [0, 0.05) is 12.0 Å². The Morgan fingerprint density at radius 2 is 1.88 bits per heavy atom. The van der Waals surface area contributed by atoms with E-state index in [0.717, 1.165) is 18.8 Å². The van der Waals surface area contributed by atoms with Crippen molar-refractivity contribution in [3.05, 3.63) is 0 Å². The SMILES string of the molecule is CC(C)[C@H]1CC[C@H](C)C[C@H]1NC(=O)C1CCC1. The number of amides is 1. The molecule has 0 unspecified atom stereocenters. The molecule has 0 aromatic heterocycles. The van der Waals surface area contributed by atoms with E-state index in [2.05, 4.69) is 26.1 Å². The summed E-state index contributed by atoms with van der Waals surface area (Å²) in [6.07, 6.45) is 7.27. The second kappa shape index (κ2) is 5.41. The van der Waals surface area contributed by atoms with E-state index in [1.54, 1.807) is 0 Å². The third-order valence-electron chi connectivity index (χ3n) is 4.83. The highest BCUT2D eigenvalue weighted by atomic mass is 16.2. The molecule has 0 heterocycles. The van der Waals surface area contributed by atoms with Crippen LogP contribution in [-0.2, 0) is 4.79 Å². The lowest BCUT2D eigenvalue weighted by Gasteiger charge is -2.39. The molecule has 0 radical (unpaired) electrons. The van der Waals surface area contributed by atoms with Crippen LogP contribution in [-0.4, -0.2) is 11.9 Å². The summed E-state index contributed by atoms with van der Waals surface area (Å²) >= 11 is 0. The molecule has 17 heavy (non-hydrogen) atoms. The van der Waals surface area contributed by atoms with Crippen molar-refractivity contribution in [3.8, 4) is 0 Å². The minimum absolute atomic E-state index is 0.333. The maximum atomic E-state index is 12.1. The Bertz CT molecular complexity index is 270. The van der Waals surface area contributed by atoms with Crippen LogP contribution in [0.4, 0.5) is 0 Å². The number of nitrogens with one attached hydrogen (secondary N) is 1. The van der Waals surface area contributed by atoms with Crippen molar-refractivity contribution < 1.29 is 4.79 Å². The van der Waals surface area contributed by atoms with Crippen LogP contribution in [0.1, 0.15) is 59.3 Å². The van der Waals surface area contributed by atoms with Gasteiger partial charge in [0.25, 0.3) is 0 Å². The summed E-state index contributed by atoms with van der Waals surface area (Å²) < 4.78 is 0. The summed E-state index contributed by atoms with van der Waals surface area (Å²) in [6.45, 7) is 6.91. The van der Waals surface area contributed by atoms with Crippen molar-refractivity contribution in [2.75, 3.05) is 0 Å². The molecule has 2 fully saturated rings. The molecule has 0 spiro atoms. The molecule has 2 nitrogen and oxygen atoms in total. The first-order valence-corrected chi connectivity index (χ1v) is 7.38. The Morgan fingerprint density at radius 3 is 2.41 bits per heavy atom. The molecule has 0 bridgehead atoms. The Kier molecular flexibility index (Phi) is 4.11. The van der Waals surface area contributed by atoms with Crippen LogP contribution in [0, 0.1) is 23.7 Å². The highest BCUT2D eigenvalue weighted by Crippen LogP contribution is 2.34. The van der Waals surface area contributed by atoms with Gasteiger partial charge in [0.2, 0.25) is 5.91 Å². The van der Waals surface area contributed by atoms with Gasteiger partial charge in [0.05, 0.1) is 0 Å². The topological polar surface area (TPSA) is 29.1 Å². The van der Waals surface area contributed by atoms with Crippen LogP contribution in [0.5, 0.6) is 0 Å². The van der Waals surface area contributed by atoms with E-state index in [4.69, 9.17) is 0 Å². The van der Waals surface area contributed by atoms with Gasteiger partial charge in [-0.2, -0.15) is 0 Å².